The number of nitrogens with one attached hydrogen (secondary N) is 4. The number of H-pyrrole nitrogens is 2. The molecule has 14 heteroatoms. The lowest BCUT2D eigenvalue weighted by atomic mass is 9.85. The highest BCUT2D eigenvalue weighted by atomic mass is 16.3. The number of nitriles is 2. The number of pyridine rings is 1. The molecule has 0 bridgehead atoms. The molecule has 2 fully saturated rings. The van der Waals surface area contributed by atoms with E-state index >= 15 is 0 Å². The number of hydrogen-bond acceptors (Lipinski definition) is 10. The number of allylic oxidation sites excluding steroid dienone is 4. The number of aromatic nitrogens is 5. The van der Waals surface area contributed by atoms with Gasteiger partial charge in [0.05, 0.1) is 19.0 Å². The van der Waals surface area contributed by atoms with Gasteiger partial charge in [0.2, 0.25) is 0 Å². The maximum Gasteiger partial charge on any atom is 0.291 e. The first-order chi connectivity index (χ1) is 33.9. The van der Waals surface area contributed by atoms with Gasteiger partial charge < -0.3 is 35.5 Å². The number of carbonyl (C=O) groups is 2. The molecule has 0 atom stereocenters. The van der Waals surface area contributed by atoms with Crippen LogP contribution in [0.25, 0.3) is 11.1 Å². The van der Waals surface area contributed by atoms with Crippen molar-refractivity contribution < 1.29 is 14.7 Å². The Kier molecular flexibility index (Phi) is 19.9. The van der Waals surface area contributed by atoms with E-state index in [4.69, 9.17) is 10.5 Å². The van der Waals surface area contributed by atoms with Gasteiger partial charge in [-0.05, 0) is 161 Å². The molecular formula is C55H69N11O3. The summed E-state index contributed by atoms with van der Waals surface area (Å²) in [5.41, 5.74) is 9.54. The third-order valence-corrected chi connectivity index (χ3v) is 13.1. The molecule has 0 saturated carbocycles. The number of carbonyl (C=O) groups excluding carboxylic acids is 2. The van der Waals surface area contributed by atoms with Gasteiger partial charge in [-0.3, -0.25) is 9.59 Å². The summed E-state index contributed by atoms with van der Waals surface area (Å²) in [6.45, 7) is 12.9. The number of rotatable bonds is 11. The Balaban J connectivity index is 0.000000213. The number of aromatic amines is 2. The van der Waals surface area contributed by atoms with Crippen LogP contribution in [0.3, 0.4) is 0 Å². The molecule has 0 radical (unpaired) electrons. The highest BCUT2D eigenvalue weighted by Crippen LogP contribution is 2.39. The molecule has 2 aliphatic heterocycles. The van der Waals surface area contributed by atoms with Gasteiger partial charge in [-0.15, -0.1) is 0 Å². The van der Waals surface area contributed by atoms with Gasteiger partial charge in [0.1, 0.15) is 29.3 Å². The van der Waals surface area contributed by atoms with Crippen molar-refractivity contribution in [2.24, 2.45) is 0 Å². The molecule has 5 N–H and O–H groups in total. The van der Waals surface area contributed by atoms with Crippen molar-refractivity contribution in [3.63, 3.8) is 0 Å². The Morgan fingerprint density at radius 1 is 0.681 bits per heavy atom. The minimum absolute atomic E-state index is 0.139. The predicted molar refractivity (Wildman–Crippen MR) is 275 cm³/mol. The number of β-amino-alcohol motifs (C(OH)–C–C–N with tert-alkyl or cyclic N) is 1. The maximum absolute atomic E-state index is 12.8. The van der Waals surface area contributed by atoms with Crippen LogP contribution >= 0.6 is 0 Å². The van der Waals surface area contributed by atoms with E-state index in [0.29, 0.717) is 11.8 Å². The summed E-state index contributed by atoms with van der Waals surface area (Å²) < 4.78 is 0. The third-order valence-electron chi connectivity index (χ3n) is 13.1. The summed E-state index contributed by atoms with van der Waals surface area (Å²) in [4.78, 5) is 48.2. The Morgan fingerprint density at radius 3 is 1.58 bits per heavy atom. The van der Waals surface area contributed by atoms with Crippen molar-refractivity contribution in [3.8, 4) is 12.1 Å². The lowest BCUT2D eigenvalue weighted by Gasteiger charge is -2.33. The fourth-order valence-corrected chi connectivity index (χ4v) is 9.51. The van der Waals surface area contributed by atoms with Crippen molar-refractivity contribution >= 4 is 40.2 Å². The molecule has 2 aliphatic carbocycles. The summed E-state index contributed by atoms with van der Waals surface area (Å²) in [5.74, 6) is 1.62. The Hall–Kier alpha value is -6.87. The quantitative estimate of drug-likeness (QED) is 0.0848. The molecule has 69 heavy (non-hydrogen) atoms. The van der Waals surface area contributed by atoms with E-state index in [1.165, 1.54) is 47.5 Å². The van der Waals surface area contributed by atoms with E-state index in [2.05, 4.69) is 87.8 Å². The number of imidazole rings is 2. The minimum atomic E-state index is -0.343. The van der Waals surface area contributed by atoms with Gasteiger partial charge in [0.15, 0.2) is 11.6 Å². The van der Waals surface area contributed by atoms with E-state index in [1.807, 2.05) is 70.3 Å². The highest BCUT2D eigenvalue weighted by molar-refractivity contribution is 6.04. The van der Waals surface area contributed by atoms with Crippen LogP contribution in [0.1, 0.15) is 171 Å². The van der Waals surface area contributed by atoms with Crippen molar-refractivity contribution in [1.82, 2.24) is 29.8 Å². The Morgan fingerprint density at radius 2 is 1.17 bits per heavy atom. The van der Waals surface area contributed by atoms with Gasteiger partial charge in [0, 0.05) is 48.3 Å². The molecule has 0 unspecified atom stereocenters. The normalized spacial score (nSPS) is 16.3. The molecular weight excluding hydrogens is 863 g/mol. The zero-order chi connectivity index (χ0) is 49.0. The lowest BCUT2D eigenvalue weighted by Crippen LogP contribution is -2.34. The van der Waals surface area contributed by atoms with Crippen LogP contribution in [-0.4, -0.2) is 86.1 Å². The molecule has 2 aromatic carbocycles. The number of likely N-dealkylation sites (tertiary alicyclic amines) is 1. The lowest BCUT2D eigenvalue weighted by molar-refractivity contribution is 0.101. The number of aliphatic hydroxyl groups excluding tert-OH is 1. The molecule has 5 heterocycles. The van der Waals surface area contributed by atoms with Crippen molar-refractivity contribution in [1.29, 1.82) is 10.5 Å². The number of nitrogens with zero attached hydrogens (tertiary/aromatic N) is 7. The molecule has 3 aromatic heterocycles. The second-order valence-corrected chi connectivity index (χ2v) is 17.3. The molecule has 0 spiro atoms. The summed E-state index contributed by atoms with van der Waals surface area (Å²) in [7, 11) is 0. The largest absolute Gasteiger partial charge is 0.395 e. The maximum atomic E-state index is 12.8. The second kappa shape index (κ2) is 26.6. The number of anilines is 3. The summed E-state index contributed by atoms with van der Waals surface area (Å²) in [5, 5.41) is 33.2. The van der Waals surface area contributed by atoms with Crippen LogP contribution in [0.2, 0.25) is 0 Å². The molecule has 5 aromatic rings. The first kappa shape index (κ1) is 51.5. The van der Waals surface area contributed by atoms with E-state index in [0.717, 1.165) is 125 Å². The number of hydrogen-bond donors (Lipinski definition) is 5. The van der Waals surface area contributed by atoms with Gasteiger partial charge in [-0.1, -0.05) is 58.0 Å². The fourth-order valence-electron chi connectivity index (χ4n) is 9.51. The number of amides is 2. The number of aliphatic hydroxyl groups is 1. The smallest absolute Gasteiger partial charge is 0.291 e. The van der Waals surface area contributed by atoms with Gasteiger partial charge in [-0.2, -0.15) is 10.5 Å². The SMILES string of the molecule is CC.CC.N#Cc1cnc(C(=O)Nc2ccc(C3CCN(CCO)CC3)cc2C2=CCCCC2)[nH]1.N#Cc1cnc(C(=O)Nc2ccc(C3CCN(c4ccccn4)CC3)cc2C2=CCCCC2)[nH]1. The monoisotopic (exact) mass is 932 g/mol. The topological polar surface area (TPSA) is 203 Å². The van der Waals surface area contributed by atoms with Gasteiger partial charge in [0.25, 0.3) is 11.8 Å². The first-order valence-corrected chi connectivity index (χ1v) is 25.1. The van der Waals surface area contributed by atoms with Crippen LogP contribution in [0.15, 0.2) is 85.3 Å². The van der Waals surface area contributed by atoms with Gasteiger partial charge >= 0.3 is 0 Å². The average molecular weight is 932 g/mol. The molecule has 9 rings (SSSR count). The number of benzene rings is 2. The zero-order valence-electron chi connectivity index (χ0n) is 40.9. The van der Waals surface area contributed by atoms with Crippen LogP contribution < -0.4 is 15.5 Å². The van der Waals surface area contributed by atoms with Crippen LogP contribution in [0.4, 0.5) is 17.2 Å². The van der Waals surface area contributed by atoms with Crippen LogP contribution in [0.5, 0.6) is 0 Å². The van der Waals surface area contributed by atoms with Crippen molar-refractivity contribution in [3.05, 3.63) is 131 Å². The first-order valence-electron chi connectivity index (χ1n) is 25.1. The third kappa shape index (κ3) is 13.9. The standard InChI is InChI=1S/C27H28N6O.C24H29N5O2.2C2H6/c28-17-22-18-30-26(31-22)27(34)32-24-10-9-21(16-23(24)20-6-2-1-3-7-20)19-11-14-33(15-12-19)25-8-4-5-13-29-25;25-15-20-16-26-23(27-20)24(31)28-22-7-6-19(14-21(22)18-4-2-1-3-5-18)17-8-10-29(11-9-17)12-13-30;2*1-2/h4-6,8-10,13,16,18-19H,1-3,7,11-12,14-15H2,(H,30,31)(H,32,34);4,6-7,14,16-17,30H,1-3,5,8-13H2,(H,26,27)(H,28,31);2*1-2H3. The summed E-state index contributed by atoms with van der Waals surface area (Å²) >= 11 is 0. The molecule has 4 aliphatic rings. The molecule has 2 saturated heterocycles. The van der Waals surface area contributed by atoms with E-state index in [-0.39, 0.29) is 41.5 Å². The molecule has 362 valence electrons. The molecule has 14 nitrogen and oxygen atoms in total. The fraction of sp³-hybridized carbons (Fsp3) is 0.436. The van der Waals surface area contributed by atoms with Crippen LogP contribution in [0, 0.1) is 22.7 Å². The summed E-state index contributed by atoms with van der Waals surface area (Å²) in [6.07, 6.45) is 22.4. The zero-order valence-corrected chi connectivity index (χ0v) is 40.9. The predicted octanol–water partition coefficient (Wildman–Crippen LogP) is 11.0. The van der Waals surface area contributed by atoms with E-state index in [9.17, 15) is 14.7 Å². The number of piperidine rings is 2. The van der Waals surface area contributed by atoms with E-state index < -0.39 is 0 Å². The summed E-state index contributed by atoms with van der Waals surface area (Å²) in [6, 6.07) is 22.8. The minimum Gasteiger partial charge on any atom is -0.395 e. The molecule has 2 amide bonds. The Labute approximate surface area is 408 Å². The Bertz CT molecular complexity index is 2580. The average Bonchev–Trinajstić information content (AvgIpc) is 4.13. The van der Waals surface area contributed by atoms with Crippen LogP contribution in [-0.2, 0) is 0 Å². The van der Waals surface area contributed by atoms with Gasteiger partial charge in [-0.25, -0.2) is 15.0 Å². The van der Waals surface area contributed by atoms with Crippen molar-refractivity contribution in [2.45, 2.75) is 117 Å². The second-order valence-electron chi connectivity index (χ2n) is 17.3. The van der Waals surface area contributed by atoms with E-state index in [1.54, 1.807) is 0 Å². The van der Waals surface area contributed by atoms with Crippen molar-refractivity contribution in [2.75, 3.05) is 54.9 Å². The highest BCUT2D eigenvalue weighted by Gasteiger charge is 2.25.